The molecule has 2 heterocycles. The maximum absolute atomic E-state index is 10.9. The molecule has 0 spiro atoms. The van der Waals surface area contributed by atoms with Crippen molar-refractivity contribution in [1.82, 2.24) is 9.80 Å². The summed E-state index contributed by atoms with van der Waals surface area (Å²) in [6.45, 7) is 4.48. The van der Waals surface area contributed by atoms with E-state index in [0.29, 0.717) is 10.8 Å². The number of nitro benzene ring substituents is 1. The lowest BCUT2D eigenvalue weighted by atomic mass is 10.1. The number of hydrogen-bond donors (Lipinski definition) is 1. The zero-order chi connectivity index (χ0) is 19.5. The molecule has 1 N–H and O–H groups in total. The maximum atomic E-state index is 10.9. The number of thiocarbonyl (C=S) groups is 1. The Morgan fingerprint density at radius 2 is 1.89 bits per heavy atom. The maximum Gasteiger partial charge on any atom is 0.271 e. The molecule has 0 amide bonds. The van der Waals surface area contributed by atoms with Crippen LogP contribution in [0, 0.1) is 10.1 Å². The Kier molecular flexibility index (Phi) is 5.27. The van der Waals surface area contributed by atoms with Gasteiger partial charge in [-0.15, -0.1) is 0 Å². The van der Waals surface area contributed by atoms with Crippen molar-refractivity contribution in [2.45, 2.75) is 6.54 Å². The van der Waals surface area contributed by atoms with Gasteiger partial charge in [-0.25, -0.2) is 0 Å². The van der Waals surface area contributed by atoms with Crippen LogP contribution in [0.2, 0.25) is 0 Å². The highest BCUT2D eigenvalue weighted by Gasteiger charge is 2.20. The van der Waals surface area contributed by atoms with Crippen molar-refractivity contribution < 1.29 is 14.4 Å². The lowest BCUT2D eigenvalue weighted by Gasteiger charge is -2.36. The summed E-state index contributed by atoms with van der Waals surface area (Å²) in [5.41, 5.74) is 1.86. The Labute approximate surface area is 167 Å². The van der Waals surface area contributed by atoms with Gasteiger partial charge in [0.1, 0.15) is 0 Å². The summed E-state index contributed by atoms with van der Waals surface area (Å²) in [4.78, 5) is 14.9. The minimum atomic E-state index is -0.414. The molecule has 146 valence electrons. The van der Waals surface area contributed by atoms with Crippen LogP contribution >= 0.6 is 12.2 Å². The number of fused-ring (bicyclic) bond motifs is 1. The number of hydrogen-bond acceptors (Lipinski definition) is 6. The molecule has 4 rings (SSSR count). The van der Waals surface area contributed by atoms with Crippen molar-refractivity contribution >= 4 is 28.7 Å². The predicted molar refractivity (Wildman–Crippen MR) is 109 cm³/mol. The van der Waals surface area contributed by atoms with E-state index in [4.69, 9.17) is 21.7 Å². The number of nitrogens with zero attached hydrogens (tertiary/aromatic N) is 3. The summed E-state index contributed by atoms with van der Waals surface area (Å²) in [6.07, 6.45) is 0. The van der Waals surface area contributed by atoms with Crippen molar-refractivity contribution in [3.63, 3.8) is 0 Å². The monoisotopic (exact) mass is 400 g/mol. The molecule has 2 aromatic rings. The number of piperazine rings is 1. The Morgan fingerprint density at radius 1 is 1.11 bits per heavy atom. The number of ether oxygens (including phenoxy) is 2. The largest absolute Gasteiger partial charge is 0.454 e. The number of nitro groups is 1. The molecule has 0 radical (unpaired) electrons. The van der Waals surface area contributed by atoms with Crippen LogP contribution in [0.4, 0.5) is 11.4 Å². The fourth-order valence-electron chi connectivity index (χ4n) is 3.31. The minimum Gasteiger partial charge on any atom is -0.454 e. The van der Waals surface area contributed by atoms with Crippen molar-refractivity contribution in [2.75, 3.05) is 38.3 Å². The second-order valence-electron chi connectivity index (χ2n) is 6.69. The Balaban J connectivity index is 1.29. The molecule has 0 saturated carbocycles. The second-order valence-corrected chi connectivity index (χ2v) is 7.08. The molecule has 2 aliphatic heterocycles. The normalized spacial score (nSPS) is 16.1. The standard InChI is InChI=1S/C19H20N4O4S/c24-23(25)16-3-1-2-15(11-16)20-19(28)22-8-6-21(7-9-22)12-14-4-5-17-18(10-14)27-13-26-17/h1-5,10-11H,6-9,12-13H2,(H,20,28). The van der Waals surface area contributed by atoms with Crippen molar-refractivity contribution in [3.8, 4) is 11.5 Å². The SMILES string of the molecule is O=[N+]([O-])c1cccc(NC(=S)N2CCN(Cc3ccc4c(c3)OCO4)CC2)c1. The molecule has 0 aliphatic carbocycles. The van der Waals surface area contributed by atoms with E-state index in [9.17, 15) is 10.1 Å². The van der Waals surface area contributed by atoms with E-state index in [2.05, 4.69) is 21.2 Å². The molecule has 1 fully saturated rings. The first-order valence-corrected chi connectivity index (χ1v) is 9.40. The van der Waals surface area contributed by atoms with Crippen LogP contribution in [-0.4, -0.2) is 52.8 Å². The van der Waals surface area contributed by atoms with Gasteiger partial charge in [-0.1, -0.05) is 12.1 Å². The number of nitrogens with one attached hydrogen (secondary N) is 1. The fraction of sp³-hybridized carbons (Fsp3) is 0.316. The van der Waals surface area contributed by atoms with Crippen LogP contribution < -0.4 is 14.8 Å². The average molecular weight is 400 g/mol. The molecule has 28 heavy (non-hydrogen) atoms. The quantitative estimate of drug-likeness (QED) is 0.477. The first-order chi connectivity index (χ1) is 13.6. The highest BCUT2D eigenvalue weighted by atomic mass is 32.1. The summed E-state index contributed by atoms with van der Waals surface area (Å²) >= 11 is 5.48. The zero-order valence-corrected chi connectivity index (χ0v) is 16.0. The van der Waals surface area contributed by atoms with Crippen LogP contribution in [0.25, 0.3) is 0 Å². The fourth-order valence-corrected chi connectivity index (χ4v) is 3.61. The molecule has 0 aromatic heterocycles. The van der Waals surface area contributed by atoms with E-state index in [-0.39, 0.29) is 12.5 Å². The lowest BCUT2D eigenvalue weighted by Crippen LogP contribution is -2.49. The summed E-state index contributed by atoms with van der Waals surface area (Å²) in [5.74, 6) is 1.60. The van der Waals surface area contributed by atoms with Crippen molar-refractivity contribution in [2.24, 2.45) is 0 Å². The van der Waals surface area contributed by atoms with Gasteiger partial charge in [0.25, 0.3) is 5.69 Å². The molecule has 9 heteroatoms. The van der Waals surface area contributed by atoms with E-state index in [1.165, 1.54) is 17.7 Å². The van der Waals surface area contributed by atoms with Gasteiger partial charge in [-0.3, -0.25) is 15.0 Å². The minimum absolute atomic E-state index is 0.0429. The number of rotatable bonds is 4. The second kappa shape index (κ2) is 7.99. The van der Waals surface area contributed by atoms with E-state index in [0.717, 1.165) is 44.2 Å². The highest BCUT2D eigenvalue weighted by molar-refractivity contribution is 7.80. The molecule has 1 saturated heterocycles. The van der Waals surface area contributed by atoms with E-state index < -0.39 is 4.92 Å². The number of non-ortho nitro benzene ring substituents is 1. The summed E-state index contributed by atoms with van der Waals surface area (Å²) in [7, 11) is 0. The van der Waals surface area contributed by atoms with Gasteiger partial charge < -0.3 is 19.7 Å². The summed E-state index contributed by atoms with van der Waals surface area (Å²) < 4.78 is 10.8. The third-order valence-electron chi connectivity index (χ3n) is 4.81. The van der Waals surface area contributed by atoms with Crippen LogP contribution in [0.1, 0.15) is 5.56 Å². The van der Waals surface area contributed by atoms with Crippen LogP contribution in [0.15, 0.2) is 42.5 Å². The topological polar surface area (TPSA) is 80.1 Å². The van der Waals surface area contributed by atoms with Gasteiger partial charge >= 0.3 is 0 Å². The van der Waals surface area contributed by atoms with Crippen LogP contribution in [0.5, 0.6) is 11.5 Å². The van der Waals surface area contributed by atoms with Gasteiger partial charge in [-0.2, -0.15) is 0 Å². The third-order valence-corrected chi connectivity index (χ3v) is 5.17. The first-order valence-electron chi connectivity index (χ1n) is 9.00. The molecule has 8 nitrogen and oxygen atoms in total. The highest BCUT2D eigenvalue weighted by Crippen LogP contribution is 2.32. The zero-order valence-electron chi connectivity index (χ0n) is 15.2. The van der Waals surface area contributed by atoms with Crippen molar-refractivity contribution in [1.29, 1.82) is 0 Å². The molecule has 2 aliphatic rings. The van der Waals surface area contributed by atoms with E-state index in [1.807, 2.05) is 12.1 Å². The van der Waals surface area contributed by atoms with Gasteiger partial charge in [0.05, 0.1) is 4.92 Å². The van der Waals surface area contributed by atoms with Crippen LogP contribution in [0.3, 0.4) is 0 Å². The molecule has 0 unspecified atom stereocenters. The predicted octanol–water partition coefficient (Wildman–Crippen LogP) is 2.84. The smallest absolute Gasteiger partial charge is 0.271 e. The van der Waals surface area contributed by atoms with E-state index in [1.54, 1.807) is 12.1 Å². The summed E-state index contributed by atoms with van der Waals surface area (Å²) in [6, 6.07) is 12.4. The average Bonchev–Trinajstić information content (AvgIpc) is 3.16. The van der Waals surface area contributed by atoms with Gasteiger partial charge in [-0.05, 0) is 36.0 Å². The number of benzene rings is 2. The van der Waals surface area contributed by atoms with Gasteiger partial charge in [0, 0.05) is 50.5 Å². The first kappa shape index (κ1) is 18.5. The Morgan fingerprint density at radius 3 is 2.68 bits per heavy atom. The molecular weight excluding hydrogens is 380 g/mol. The van der Waals surface area contributed by atoms with Crippen LogP contribution in [-0.2, 0) is 6.54 Å². The van der Waals surface area contributed by atoms with Gasteiger partial charge in [0.15, 0.2) is 16.6 Å². The lowest BCUT2D eigenvalue weighted by molar-refractivity contribution is -0.384. The third kappa shape index (κ3) is 4.15. The Hall–Kier alpha value is -2.91. The summed E-state index contributed by atoms with van der Waals surface area (Å²) in [5, 5.41) is 14.6. The van der Waals surface area contributed by atoms with E-state index >= 15 is 0 Å². The number of anilines is 1. The molecule has 0 atom stereocenters. The molecular formula is C19H20N4O4S. The van der Waals surface area contributed by atoms with Crippen molar-refractivity contribution in [3.05, 3.63) is 58.1 Å². The molecule has 2 aromatic carbocycles. The Bertz CT molecular complexity index is 899. The molecule has 0 bridgehead atoms. The van der Waals surface area contributed by atoms with Gasteiger partial charge in [0.2, 0.25) is 6.79 Å².